The fourth-order valence-corrected chi connectivity index (χ4v) is 2.41. The molecule has 20 heavy (non-hydrogen) atoms. The molecule has 0 bridgehead atoms. The zero-order valence-corrected chi connectivity index (χ0v) is 11.9. The maximum atomic E-state index is 14.0. The van der Waals surface area contributed by atoms with Gasteiger partial charge in [-0.1, -0.05) is 51.4 Å². The van der Waals surface area contributed by atoms with Crippen molar-refractivity contribution in [2.45, 2.75) is 0 Å². The highest BCUT2D eigenvalue weighted by atomic mass is 79.9. The Morgan fingerprint density at radius 2 is 1.85 bits per heavy atom. The van der Waals surface area contributed by atoms with Gasteiger partial charge in [-0.3, -0.25) is 0 Å². The molecule has 0 unspecified atom stereocenters. The molecule has 3 aromatic rings. The summed E-state index contributed by atoms with van der Waals surface area (Å²) in [5.74, 6) is -0.204. The van der Waals surface area contributed by atoms with E-state index >= 15 is 0 Å². The smallest absolute Gasteiger partial charge is 0.230 e. The Morgan fingerprint density at radius 3 is 2.60 bits per heavy atom. The van der Waals surface area contributed by atoms with Crippen LogP contribution in [0.25, 0.3) is 22.4 Å². The normalized spacial score (nSPS) is 10.7. The number of rotatable bonds is 2. The van der Waals surface area contributed by atoms with Gasteiger partial charge in [0.25, 0.3) is 0 Å². The van der Waals surface area contributed by atoms with Crippen molar-refractivity contribution in [3.05, 3.63) is 58.8 Å². The van der Waals surface area contributed by atoms with E-state index in [0.717, 1.165) is 10.0 Å². The van der Waals surface area contributed by atoms with Gasteiger partial charge in [-0.2, -0.15) is 0 Å². The van der Waals surface area contributed by atoms with Crippen molar-refractivity contribution >= 4 is 21.8 Å². The molecule has 0 aliphatic heterocycles. The Hall–Kier alpha value is -2.14. The summed E-state index contributed by atoms with van der Waals surface area (Å²) in [5.41, 5.74) is 8.01. The van der Waals surface area contributed by atoms with Crippen LogP contribution in [0.4, 0.5) is 10.3 Å². The number of hydrogen-bond donors (Lipinski definition) is 1. The number of anilines is 1. The molecule has 100 valence electrons. The Balaban J connectivity index is 2.24. The van der Waals surface area contributed by atoms with Crippen LogP contribution in [-0.4, -0.2) is 5.16 Å². The van der Waals surface area contributed by atoms with Crippen molar-refractivity contribution in [2.75, 3.05) is 5.73 Å². The lowest BCUT2D eigenvalue weighted by Crippen LogP contribution is -1.90. The van der Waals surface area contributed by atoms with Crippen molar-refractivity contribution in [3.8, 4) is 22.4 Å². The largest absolute Gasteiger partial charge is 0.367 e. The van der Waals surface area contributed by atoms with Gasteiger partial charge in [-0.25, -0.2) is 4.39 Å². The molecule has 3 nitrogen and oxygen atoms in total. The van der Waals surface area contributed by atoms with Gasteiger partial charge < -0.3 is 10.3 Å². The van der Waals surface area contributed by atoms with E-state index in [0.29, 0.717) is 16.8 Å². The highest BCUT2D eigenvalue weighted by Gasteiger charge is 2.20. The number of halogens is 2. The summed E-state index contributed by atoms with van der Waals surface area (Å²) in [7, 11) is 0. The number of benzene rings is 2. The Kier molecular flexibility index (Phi) is 3.28. The van der Waals surface area contributed by atoms with Gasteiger partial charge in [0.2, 0.25) is 5.88 Å². The summed E-state index contributed by atoms with van der Waals surface area (Å²) < 4.78 is 19.8. The van der Waals surface area contributed by atoms with E-state index in [4.69, 9.17) is 10.3 Å². The van der Waals surface area contributed by atoms with Gasteiger partial charge in [0.1, 0.15) is 11.5 Å². The van der Waals surface area contributed by atoms with Gasteiger partial charge in [0, 0.05) is 10.0 Å². The third-order valence-electron chi connectivity index (χ3n) is 2.96. The number of hydrogen-bond acceptors (Lipinski definition) is 3. The van der Waals surface area contributed by atoms with E-state index in [1.165, 1.54) is 6.07 Å². The first-order chi connectivity index (χ1) is 9.66. The molecule has 0 aliphatic carbocycles. The van der Waals surface area contributed by atoms with E-state index in [1.54, 1.807) is 12.1 Å². The van der Waals surface area contributed by atoms with Crippen molar-refractivity contribution in [2.24, 2.45) is 0 Å². The Labute approximate surface area is 123 Å². The predicted molar refractivity (Wildman–Crippen MR) is 79.4 cm³/mol. The standard InChI is InChI=1S/C15H10BrFN2O/c16-10-6-7-12(17)11(8-10)14-13(15(18)20-19-14)9-4-2-1-3-5-9/h1-8H,18H2. The number of nitrogens with two attached hydrogens (primary N) is 1. The second-order valence-electron chi connectivity index (χ2n) is 4.26. The molecular formula is C15H10BrFN2O. The van der Waals surface area contributed by atoms with Crippen LogP contribution in [0.3, 0.4) is 0 Å². The number of nitrogen functional groups attached to an aromatic ring is 1. The molecule has 0 radical (unpaired) electrons. The zero-order valence-electron chi connectivity index (χ0n) is 10.3. The molecule has 3 rings (SSSR count). The molecule has 0 saturated carbocycles. The lowest BCUT2D eigenvalue weighted by Gasteiger charge is -2.04. The van der Waals surface area contributed by atoms with Gasteiger partial charge in [0.05, 0.1) is 5.56 Å². The molecule has 0 saturated heterocycles. The van der Waals surface area contributed by atoms with Crippen LogP contribution in [-0.2, 0) is 0 Å². The molecule has 2 aromatic carbocycles. The van der Waals surface area contributed by atoms with Crippen LogP contribution in [0.15, 0.2) is 57.5 Å². The van der Waals surface area contributed by atoms with E-state index in [9.17, 15) is 4.39 Å². The maximum Gasteiger partial charge on any atom is 0.230 e. The molecule has 0 amide bonds. The van der Waals surface area contributed by atoms with Crippen LogP contribution < -0.4 is 5.73 Å². The second kappa shape index (κ2) is 5.09. The summed E-state index contributed by atoms with van der Waals surface area (Å²) >= 11 is 3.32. The number of aromatic nitrogens is 1. The minimum atomic E-state index is -0.376. The predicted octanol–water partition coefficient (Wildman–Crippen LogP) is 4.49. The van der Waals surface area contributed by atoms with Crippen molar-refractivity contribution in [1.82, 2.24) is 5.16 Å². The quantitative estimate of drug-likeness (QED) is 0.752. The first-order valence-electron chi connectivity index (χ1n) is 5.93. The zero-order chi connectivity index (χ0) is 14.1. The SMILES string of the molecule is Nc1onc(-c2cc(Br)ccc2F)c1-c1ccccc1. The average molecular weight is 333 g/mol. The summed E-state index contributed by atoms with van der Waals surface area (Å²) in [6.07, 6.45) is 0. The summed E-state index contributed by atoms with van der Waals surface area (Å²) in [4.78, 5) is 0. The van der Waals surface area contributed by atoms with E-state index in [1.807, 2.05) is 30.3 Å². The fourth-order valence-electron chi connectivity index (χ4n) is 2.05. The van der Waals surface area contributed by atoms with Crippen LogP contribution in [0.1, 0.15) is 0 Å². The molecule has 1 aromatic heterocycles. The first kappa shape index (κ1) is 12.9. The van der Waals surface area contributed by atoms with Crippen molar-refractivity contribution in [3.63, 3.8) is 0 Å². The molecule has 1 heterocycles. The van der Waals surface area contributed by atoms with Crippen LogP contribution in [0.5, 0.6) is 0 Å². The molecular weight excluding hydrogens is 323 g/mol. The topological polar surface area (TPSA) is 52.0 Å². The fraction of sp³-hybridized carbons (Fsp3) is 0. The minimum Gasteiger partial charge on any atom is -0.367 e. The Bertz CT molecular complexity index is 756. The molecule has 0 fully saturated rings. The van der Waals surface area contributed by atoms with Crippen LogP contribution in [0.2, 0.25) is 0 Å². The monoisotopic (exact) mass is 332 g/mol. The third-order valence-corrected chi connectivity index (χ3v) is 3.46. The lowest BCUT2D eigenvalue weighted by molar-refractivity contribution is 0.439. The Morgan fingerprint density at radius 1 is 1.10 bits per heavy atom. The average Bonchev–Trinajstić information content (AvgIpc) is 2.84. The van der Waals surface area contributed by atoms with E-state index < -0.39 is 0 Å². The van der Waals surface area contributed by atoms with Crippen molar-refractivity contribution < 1.29 is 8.91 Å². The summed E-state index contributed by atoms with van der Waals surface area (Å²) in [5, 5.41) is 3.90. The molecule has 0 atom stereocenters. The molecule has 0 spiro atoms. The van der Waals surface area contributed by atoms with E-state index in [-0.39, 0.29) is 11.7 Å². The van der Waals surface area contributed by atoms with Crippen LogP contribution in [0, 0.1) is 5.82 Å². The van der Waals surface area contributed by atoms with E-state index in [2.05, 4.69) is 21.1 Å². The molecule has 2 N–H and O–H groups in total. The lowest BCUT2D eigenvalue weighted by atomic mass is 10.0. The molecule has 5 heteroatoms. The number of nitrogens with zero attached hydrogens (tertiary/aromatic N) is 1. The van der Waals surface area contributed by atoms with Crippen molar-refractivity contribution in [1.29, 1.82) is 0 Å². The van der Waals surface area contributed by atoms with Gasteiger partial charge in [-0.05, 0) is 23.8 Å². The minimum absolute atomic E-state index is 0.172. The van der Waals surface area contributed by atoms with Gasteiger partial charge >= 0.3 is 0 Å². The highest BCUT2D eigenvalue weighted by molar-refractivity contribution is 9.10. The second-order valence-corrected chi connectivity index (χ2v) is 5.18. The highest BCUT2D eigenvalue weighted by Crippen LogP contribution is 2.37. The van der Waals surface area contributed by atoms with Crippen LogP contribution >= 0.6 is 15.9 Å². The maximum absolute atomic E-state index is 14.0. The van der Waals surface area contributed by atoms with Gasteiger partial charge in [0.15, 0.2) is 0 Å². The summed E-state index contributed by atoms with van der Waals surface area (Å²) in [6, 6.07) is 14.1. The van der Waals surface area contributed by atoms with Gasteiger partial charge in [-0.15, -0.1) is 0 Å². The first-order valence-corrected chi connectivity index (χ1v) is 6.72. The third kappa shape index (κ3) is 2.20. The summed E-state index contributed by atoms with van der Waals surface area (Å²) in [6.45, 7) is 0. The molecule has 0 aliphatic rings.